The summed E-state index contributed by atoms with van der Waals surface area (Å²) < 4.78 is 17.7. The first-order chi connectivity index (χ1) is 17.0. The highest BCUT2D eigenvalue weighted by Gasteiger charge is 2.38. The van der Waals surface area contributed by atoms with Gasteiger partial charge in [0.15, 0.2) is 11.5 Å². The molecule has 3 aromatic rings. The third-order valence-corrected chi connectivity index (χ3v) is 6.45. The van der Waals surface area contributed by atoms with Gasteiger partial charge in [0.2, 0.25) is 0 Å². The molecular weight excluding hydrogens is 466 g/mol. The predicted molar refractivity (Wildman–Crippen MR) is 136 cm³/mol. The summed E-state index contributed by atoms with van der Waals surface area (Å²) in [5, 5.41) is 10.5. The van der Waals surface area contributed by atoms with Crippen LogP contribution in [-0.2, 0) is 11.4 Å². The molecule has 1 fully saturated rings. The van der Waals surface area contributed by atoms with Crippen molar-refractivity contribution in [2.45, 2.75) is 38.5 Å². The number of nitrogens with zero attached hydrogens (tertiary/aromatic N) is 1. The molecule has 0 amide bonds. The molecule has 0 bridgehead atoms. The molecule has 184 valence electrons. The van der Waals surface area contributed by atoms with Crippen LogP contribution in [0.4, 0.5) is 0 Å². The van der Waals surface area contributed by atoms with Gasteiger partial charge in [0.1, 0.15) is 18.4 Å². The molecule has 35 heavy (non-hydrogen) atoms. The minimum atomic E-state index is -0.832. The number of hydrogen-bond donors (Lipinski definition) is 1. The molecule has 0 aliphatic carbocycles. The fourth-order valence-corrected chi connectivity index (χ4v) is 4.83. The lowest BCUT2D eigenvalue weighted by molar-refractivity contribution is -0.142. The molecule has 0 aromatic heterocycles. The Bertz CT molecular complexity index is 1150. The monoisotopic (exact) mass is 495 g/mol. The second-order valence-electron chi connectivity index (χ2n) is 8.44. The molecule has 6 nitrogen and oxygen atoms in total. The van der Waals surface area contributed by atoms with Gasteiger partial charge in [0.05, 0.1) is 19.8 Å². The SMILES string of the molecule is CCOc1cc(C(c2cc(Cl)ccc2OC)N2CCCC2C(=O)O)ccc1OCc1ccccc1. The van der Waals surface area contributed by atoms with Crippen molar-refractivity contribution in [2.24, 2.45) is 0 Å². The number of methoxy groups -OCH3 is 1. The van der Waals surface area contributed by atoms with Crippen molar-refractivity contribution in [1.82, 2.24) is 4.90 Å². The van der Waals surface area contributed by atoms with E-state index in [0.717, 1.165) is 23.1 Å². The number of halogens is 1. The molecule has 1 saturated heterocycles. The fourth-order valence-electron chi connectivity index (χ4n) is 4.65. The van der Waals surface area contributed by atoms with Gasteiger partial charge in [-0.3, -0.25) is 9.69 Å². The molecular formula is C28H30ClNO5. The normalized spacial score (nSPS) is 16.6. The van der Waals surface area contributed by atoms with Crippen molar-refractivity contribution in [3.8, 4) is 17.2 Å². The number of likely N-dealkylation sites (tertiary alicyclic amines) is 1. The van der Waals surface area contributed by atoms with E-state index in [9.17, 15) is 9.90 Å². The molecule has 7 heteroatoms. The van der Waals surface area contributed by atoms with Crippen LogP contribution in [0, 0.1) is 0 Å². The Morgan fingerprint density at radius 2 is 1.83 bits per heavy atom. The number of carboxylic acid groups (broad SMARTS) is 1. The molecule has 1 aliphatic heterocycles. The first-order valence-electron chi connectivity index (χ1n) is 11.8. The number of ether oxygens (including phenoxy) is 3. The molecule has 1 aliphatic rings. The van der Waals surface area contributed by atoms with Gasteiger partial charge < -0.3 is 19.3 Å². The highest BCUT2D eigenvalue weighted by Crippen LogP contribution is 2.42. The zero-order valence-electron chi connectivity index (χ0n) is 19.9. The Morgan fingerprint density at radius 3 is 2.54 bits per heavy atom. The van der Waals surface area contributed by atoms with Crippen molar-refractivity contribution >= 4 is 17.6 Å². The van der Waals surface area contributed by atoms with Crippen LogP contribution in [0.15, 0.2) is 66.7 Å². The lowest BCUT2D eigenvalue weighted by Gasteiger charge is -2.33. The van der Waals surface area contributed by atoms with Crippen molar-refractivity contribution in [3.05, 3.63) is 88.4 Å². The minimum Gasteiger partial charge on any atom is -0.496 e. The second-order valence-corrected chi connectivity index (χ2v) is 8.87. The van der Waals surface area contributed by atoms with Crippen LogP contribution < -0.4 is 14.2 Å². The van der Waals surface area contributed by atoms with E-state index < -0.39 is 12.0 Å². The van der Waals surface area contributed by atoms with Gasteiger partial charge in [0.25, 0.3) is 0 Å². The molecule has 1 N–H and O–H groups in total. The molecule has 1 heterocycles. The van der Waals surface area contributed by atoms with Gasteiger partial charge in [-0.15, -0.1) is 0 Å². The van der Waals surface area contributed by atoms with Gasteiger partial charge in [-0.2, -0.15) is 0 Å². The van der Waals surface area contributed by atoms with Gasteiger partial charge >= 0.3 is 5.97 Å². The third-order valence-electron chi connectivity index (χ3n) is 6.22. The Morgan fingerprint density at radius 1 is 1.06 bits per heavy atom. The summed E-state index contributed by atoms with van der Waals surface area (Å²) in [5.74, 6) is 1.06. The number of carboxylic acids is 1. The number of benzene rings is 3. The smallest absolute Gasteiger partial charge is 0.320 e. The van der Waals surface area contributed by atoms with E-state index in [1.54, 1.807) is 13.2 Å². The third kappa shape index (κ3) is 5.72. The maximum absolute atomic E-state index is 12.1. The zero-order valence-corrected chi connectivity index (χ0v) is 20.7. The Hall–Kier alpha value is -3.22. The molecule has 0 saturated carbocycles. The van der Waals surface area contributed by atoms with E-state index in [1.165, 1.54) is 0 Å². The van der Waals surface area contributed by atoms with Crippen LogP contribution in [0.3, 0.4) is 0 Å². The molecule has 0 spiro atoms. The van der Waals surface area contributed by atoms with Crippen LogP contribution in [0.2, 0.25) is 5.02 Å². The highest BCUT2D eigenvalue weighted by molar-refractivity contribution is 6.30. The molecule has 0 radical (unpaired) electrons. The molecule has 3 aromatic carbocycles. The van der Waals surface area contributed by atoms with Crippen molar-refractivity contribution in [1.29, 1.82) is 0 Å². The van der Waals surface area contributed by atoms with E-state index in [1.807, 2.05) is 72.5 Å². The first kappa shape index (κ1) is 24.9. The summed E-state index contributed by atoms with van der Waals surface area (Å²) in [6, 6.07) is 20.2. The van der Waals surface area contributed by atoms with Crippen LogP contribution in [0.25, 0.3) is 0 Å². The number of rotatable bonds is 10. The van der Waals surface area contributed by atoms with Crippen molar-refractivity contribution in [2.75, 3.05) is 20.3 Å². The van der Waals surface area contributed by atoms with E-state index in [0.29, 0.717) is 48.5 Å². The summed E-state index contributed by atoms with van der Waals surface area (Å²) in [7, 11) is 1.61. The largest absolute Gasteiger partial charge is 0.496 e. The maximum atomic E-state index is 12.1. The average molecular weight is 496 g/mol. The van der Waals surface area contributed by atoms with Gasteiger partial charge in [0, 0.05) is 17.1 Å². The van der Waals surface area contributed by atoms with Gasteiger partial charge in [-0.25, -0.2) is 0 Å². The fraction of sp³-hybridized carbons (Fsp3) is 0.321. The lowest BCUT2D eigenvalue weighted by atomic mass is 9.95. The number of carbonyl (C=O) groups is 1. The average Bonchev–Trinajstić information content (AvgIpc) is 3.35. The number of aliphatic carboxylic acids is 1. The highest BCUT2D eigenvalue weighted by atomic mass is 35.5. The summed E-state index contributed by atoms with van der Waals surface area (Å²) in [4.78, 5) is 14.1. The minimum absolute atomic E-state index is 0.380. The van der Waals surface area contributed by atoms with Gasteiger partial charge in [-0.05, 0) is 61.2 Å². The summed E-state index contributed by atoms with van der Waals surface area (Å²) in [6.07, 6.45) is 1.39. The molecule has 4 rings (SSSR count). The quantitative estimate of drug-likeness (QED) is 0.374. The standard InChI is InChI=1S/C28H30ClNO5/c1-3-34-26-16-20(11-13-25(26)35-18-19-8-5-4-6-9-19)27(30-15-7-10-23(30)28(31)32)22-17-21(29)12-14-24(22)33-2/h4-6,8-9,11-14,16-17,23,27H,3,7,10,15,18H2,1-2H3,(H,31,32). The van der Waals surface area contributed by atoms with Crippen LogP contribution in [0.5, 0.6) is 17.2 Å². The van der Waals surface area contributed by atoms with Crippen LogP contribution in [-0.4, -0.2) is 42.3 Å². The lowest BCUT2D eigenvalue weighted by Crippen LogP contribution is -2.39. The summed E-state index contributed by atoms with van der Waals surface area (Å²) in [5.41, 5.74) is 2.75. The van der Waals surface area contributed by atoms with Crippen LogP contribution >= 0.6 is 11.6 Å². The van der Waals surface area contributed by atoms with Crippen molar-refractivity contribution in [3.63, 3.8) is 0 Å². The Balaban J connectivity index is 1.76. The predicted octanol–water partition coefficient (Wildman–Crippen LogP) is 5.96. The Labute approximate surface area is 211 Å². The number of hydrogen-bond acceptors (Lipinski definition) is 5. The van der Waals surface area contributed by atoms with Crippen molar-refractivity contribution < 1.29 is 24.1 Å². The summed E-state index contributed by atoms with van der Waals surface area (Å²) in [6.45, 7) is 3.45. The summed E-state index contributed by atoms with van der Waals surface area (Å²) >= 11 is 6.38. The Kier molecular flexibility index (Phi) is 8.16. The molecule has 2 unspecified atom stereocenters. The topological polar surface area (TPSA) is 68.2 Å². The van der Waals surface area contributed by atoms with E-state index >= 15 is 0 Å². The van der Waals surface area contributed by atoms with E-state index in [4.69, 9.17) is 25.8 Å². The van der Waals surface area contributed by atoms with Crippen LogP contribution in [0.1, 0.15) is 42.5 Å². The molecule has 2 atom stereocenters. The second kappa shape index (κ2) is 11.5. The van der Waals surface area contributed by atoms with Gasteiger partial charge in [-0.1, -0.05) is 48.0 Å². The van der Waals surface area contributed by atoms with E-state index in [-0.39, 0.29) is 6.04 Å². The zero-order chi connectivity index (χ0) is 24.8. The first-order valence-corrected chi connectivity index (χ1v) is 12.1. The van der Waals surface area contributed by atoms with E-state index in [2.05, 4.69) is 0 Å². The maximum Gasteiger partial charge on any atom is 0.320 e.